The van der Waals surface area contributed by atoms with Gasteiger partial charge in [-0.15, -0.1) is 0 Å². The Bertz CT molecular complexity index is 1300. The SMILES string of the molecule is COC(c1nc2c(F)cc(F)c(F)c2[nH]1)C1CCC(c2ccnc3ccc(F)cc23)CC1. The molecule has 4 aromatic rings. The molecule has 1 aliphatic carbocycles. The third-order valence-corrected chi connectivity index (χ3v) is 6.53. The van der Waals surface area contributed by atoms with Crippen molar-refractivity contribution in [2.24, 2.45) is 5.92 Å². The van der Waals surface area contributed by atoms with Crippen molar-refractivity contribution in [3.05, 3.63) is 71.2 Å². The fourth-order valence-electron chi connectivity index (χ4n) is 4.98. The molecule has 1 N–H and O–H groups in total. The molecule has 1 fully saturated rings. The number of ether oxygens (including phenoxy) is 1. The molecule has 1 unspecified atom stereocenters. The number of aromatic amines is 1. The number of methoxy groups -OCH3 is 1. The lowest BCUT2D eigenvalue weighted by atomic mass is 9.76. The lowest BCUT2D eigenvalue weighted by Gasteiger charge is -2.33. The molecule has 1 aliphatic rings. The van der Waals surface area contributed by atoms with Gasteiger partial charge < -0.3 is 9.72 Å². The highest BCUT2D eigenvalue weighted by Gasteiger charge is 2.32. The molecule has 5 rings (SSSR count). The number of benzene rings is 2. The first kappa shape index (κ1) is 20.9. The number of rotatable bonds is 4. The third-order valence-electron chi connectivity index (χ3n) is 6.53. The Hall–Kier alpha value is -3.00. The maximum atomic E-state index is 14.1. The molecule has 8 heteroatoms. The van der Waals surface area contributed by atoms with Crippen LogP contribution >= 0.6 is 0 Å². The summed E-state index contributed by atoms with van der Waals surface area (Å²) in [6, 6.07) is 7.06. The quantitative estimate of drug-likeness (QED) is 0.296. The van der Waals surface area contributed by atoms with E-state index in [2.05, 4.69) is 15.0 Å². The number of nitrogens with one attached hydrogen (secondary N) is 1. The normalized spacial score (nSPS) is 20.2. The monoisotopic (exact) mass is 443 g/mol. The largest absolute Gasteiger partial charge is 0.373 e. The van der Waals surface area contributed by atoms with Gasteiger partial charge in [0.25, 0.3) is 0 Å². The van der Waals surface area contributed by atoms with E-state index in [9.17, 15) is 17.6 Å². The van der Waals surface area contributed by atoms with Gasteiger partial charge in [-0.2, -0.15) is 0 Å². The van der Waals surface area contributed by atoms with Crippen LogP contribution in [-0.2, 0) is 4.74 Å². The van der Waals surface area contributed by atoms with E-state index in [1.165, 1.54) is 19.2 Å². The number of aromatic nitrogens is 3. The number of nitrogens with zero attached hydrogens (tertiary/aromatic N) is 2. The van der Waals surface area contributed by atoms with Gasteiger partial charge in [0, 0.05) is 24.8 Å². The molecule has 0 bridgehead atoms. The van der Waals surface area contributed by atoms with Crippen LogP contribution < -0.4 is 0 Å². The van der Waals surface area contributed by atoms with E-state index >= 15 is 0 Å². The highest BCUT2D eigenvalue weighted by Crippen LogP contribution is 2.43. The fourth-order valence-corrected chi connectivity index (χ4v) is 4.98. The highest BCUT2D eigenvalue weighted by molar-refractivity contribution is 5.82. The first-order chi connectivity index (χ1) is 15.5. The lowest BCUT2D eigenvalue weighted by Crippen LogP contribution is -2.22. The Morgan fingerprint density at radius 3 is 2.53 bits per heavy atom. The molecule has 1 atom stereocenters. The van der Waals surface area contributed by atoms with E-state index in [1.807, 2.05) is 6.07 Å². The maximum Gasteiger partial charge on any atom is 0.184 e. The van der Waals surface area contributed by atoms with Crippen molar-refractivity contribution in [1.82, 2.24) is 15.0 Å². The van der Waals surface area contributed by atoms with Gasteiger partial charge in [0.2, 0.25) is 0 Å². The number of imidazole rings is 1. The number of halogens is 4. The second-order valence-corrected chi connectivity index (χ2v) is 8.33. The molecule has 0 radical (unpaired) electrons. The predicted molar refractivity (Wildman–Crippen MR) is 112 cm³/mol. The summed E-state index contributed by atoms with van der Waals surface area (Å²) in [4.78, 5) is 11.2. The predicted octanol–water partition coefficient (Wildman–Crippen LogP) is 6.33. The molecule has 1 saturated carbocycles. The molecule has 0 amide bonds. The summed E-state index contributed by atoms with van der Waals surface area (Å²) in [5, 5.41) is 0.824. The second-order valence-electron chi connectivity index (χ2n) is 8.33. The van der Waals surface area contributed by atoms with Gasteiger partial charge >= 0.3 is 0 Å². The van der Waals surface area contributed by atoms with Crippen LogP contribution in [0.3, 0.4) is 0 Å². The molecule has 2 aromatic heterocycles. The van der Waals surface area contributed by atoms with E-state index in [1.54, 1.807) is 12.3 Å². The number of hydrogen-bond donors (Lipinski definition) is 1. The Morgan fingerprint density at radius 1 is 1.00 bits per heavy atom. The molecule has 4 nitrogen and oxygen atoms in total. The van der Waals surface area contributed by atoms with Gasteiger partial charge in [-0.05, 0) is 67.3 Å². The van der Waals surface area contributed by atoms with Crippen molar-refractivity contribution in [3.8, 4) is 0 Å². The van der Waals surface area contributed by atoms with Crippen molar-refractivity contribution in [1.29, 1.82) is 0 Å². The number of hydrogen-bond acceptors (Lipinski definition) is 3. The molecule has 0 aliphatic heterocycles. The van der Waals surface area contributed by atoms with E-state index in [0.717, 1.165) is 42.1 Å². The Kier molecular flexibility index (Phi) is 5.33. The van der Waals surface area contributed by atoms with Gasteiger partial charge in [-0.3, -0.25) is 4.98 Å². The van der Waals surface area contributed by atoms with Crippen molar-refractivity contribution in [2.45, 2.75) is 37.7 Å². The zero-order valence-electron chi connectivity index (χ0n) is 17.3. The van der Waals surface area contributed by atoms with Crippen LogP contribution in [0.4, 0.5) is 17.6 Å². The Balaban J connectivity index is 1.39. The first-order valence-corrected chi connectivity index (χ1v) is 10.6. The summed E-state index contributed by atoms with van der Waals surface area (Å²) in [5.41, 5.74) is 1.31. The van der Waals surface area contributed by atoms with Gasteiger partial charge in [0.05, 0.1) is 5.52 Å². The Morgan fingerprint density at radius 2 is 1.78 bits per heavy atom. The minimum Gasteiger partial charge on any atom is -0.373 e. The van der Waals surface area contributed by atoms with Crippen molar-refractivity contribution >= 4 is 21.9 Å². The van der Waals surface area contributed by atoms with Crippen LogP contribution in [0, 0.1) is 29.2 Å². The number of H-pyrrole nitrogens is 1. The molecule has 32 heavy (non-hydrogen) atoms. The molecule has 166 valence electrons. The van der Waals surface area contributed by atoms with Crippen molar-refractivity contribution in [3.63, 3.8) is 0 Å². The zero-order chi connectivity index (χ0) is 22.4. The smallest absolute Gasteiger partial charge is 0.184 e. The third kappa shape index (κ3) is 3.52. The molecular formula is C24H21F4N3O. The molecule has 2 heterocycles. The lowest BCUT2D eigenvalue weighted by molar-refractivity contribution is 0.0274. The average Bonchev–Trinajstić information content (AvgIpc) is 3.24. The van der Waals surface area contributed by atoms with E-state index < -0.39 is 23.6 Å². The number of pyridine rings is 1. The topological polar surface area (TPSA) is 50.8 Å². The van der Waals surface area contributed by atoms with Gasteiger partial charge in [0.1, 0.15) is 28.8 Å². The highest BCUT2D eigenvalue weighted by atomic mass is 19.2. The van der Waals surface area contributed by atoms with Crippen LogP contribution in [-0.4, -0.2) is 22.1 Å². The van der Waals surface area contributed by atoms with Crippen LogP contribution in [0.5, 0.6) is 0 Å². The van der Waals surface area contributed by atoms with E-state index in [4.69, 9.17) is 4.74 Å². The van der Waals surface area contributed by atoms with E-state index in [0.29, 0.717) is 6.07 Å². The molecule has 0 spiro atoms. The summed E-state index contributed by atoms with van der Waals surface area (Å²) in [6.45, 7) is 0. The van der Waals surface area contributed by atoms with Crippen LogP contribution in [0.1, 0.15) is 49.1 Å². The van der Waals surface area contributed by atoms with Crippen LogP contribution in [0.25, 0.3) is 21.9 Å². The molecule has 2 aromatic carbocycles. The second kappa shape index (κ2) is 8.16. The van der Waals surface area contributed by atoms with Crippen LogP contribution in [0.15, 0.2) is 36.5 Å². The maximum absolute atomic E-state index is 14.1. The standard InChI is InChI=1S/C24H21F4N3O/c1-32-23(24-30-21-18(27)11-17(26)20(28)22(21)31-24)13-4-2-12(3-5-13)15-8-9-29-19-7-6-14(25)10-16(15)19/h6-13,23H,2-5H2,1H3,(H,30,31). The zero-order valence-corrected chi connectivity index (χ0v) is 17.3. The first-order valence-electron chi connectivity index (χ1n) is 10.6. The summed E-state index contributed by atoms with van der Waals surface area (Å²) >= 11 is 0. The van der Waals surface area contributed by atoms with E-state index in [-0.39, 0.29) is 34.5 Å². The molecular weight excluding hydrogens is 422 g/mol. The summed E-state index contributed by atoms with van der Waals surface area (Å²) < 4.78 is 61.2. The Labute approximate surface area is 181 Å². The minimum atomic E-state index is -1.26. The fraction of sp³-hybridized carbons (Fsp3) is 0.333. The average molecular weight is 443 g/mol. The summed E-state index contributed by atoms with van der Waals surface area (Å²) in [5.74, 6) is -3.03. The summed E-state index contributed by atoms with van der Waals surface area (Å²) in [7, 11) is 1.52. The van der Waals surface area contributed by atoms with Crippen molar-refractivity contribution < 1.29 is 22.3 Å². The summed E-state index contributed by atoms with van der Waals surface area (Å²) in [6.07, 6.45) is 4.51. The van der Waals surface area contributed by atoms with Gasteiger partial charge in [-0.25, -0.2) is 22.5 Å². The van der Waals surface area contributed by atoms with Crippen LogP contribution in [0.2, 0.25) is 0 Å². The number of fused-ring (bicyclic) bond motifs is 2. The van der Waals surface area contributed by atoms with Gasteiger partial charge in [0.15, 0.2) is 17.5 Å². The molecule has 0 saturated heterocycles. The minimum absolute atomic E-state index is 0.0672. The van der Waals surface area contributed by atoms with Gasteiger partial charge in [-0.1, -0.05) is 0 Å². The van der Waals surface area contributed by atoms with Crippen molar-refractivity contribution in [2.75, 3.05) is 7.11 Å².